The maximum absolute atomic E-state index is 5.62. The Morgan fingerprint density at radius 2 is 1.94 bits per heavy atom. The van der Waals surface area contributed by atoms with Crippen LogP contribution in [0.4, 0.5) is 0 Å². The molecule has 18 heavy (non-hydrogen) atoms. The molecule has 0 atom stereocenters. The summed E-state index contributed by atoms with van der Waals surface area (Å²) in [7, 11) is 5.84. The molecule has 0 aliphatic carbocycles. The summed E-state index contributed by atoms with van der Waals surface area (Å²) in [4.78, 5) is 2.19. The lowest BCUT2D eigenvalue weighted by Crippen LogP contribution is -2.25. The van der Waals surface area contributed by atoms with Crippen LogP contribution in [0.1, 0.15) is 6.42 Å². The average Bonchev–Trinajstić information content (AvgIpc) is 2.37. The molecule has 1 aromatic carbocycles. The van der Waals surface area contributed by atoms with E-state index >= 15 is 0 Å². The topological polar surface area (TPSA) is 33.7 Å². The minimum absolute atomic E-state index is 0.676. The van der Waals surface area contributed by atoms with Crippen LogP contribution in [-0.2, 0) is 0 Å². The van der Waals surface area contributed by atoms with Gasteiger partial charge in [0.1, 0.15) is 18.1 Å². The lowest BCUT2D eigenvalue weighted by molar-refractivity contribution is 0.309. The Morgan fingerprint density at radius 1 is 1.17 bits per heavy atom. The molecule has 0 radical (unpaired) electrons. The molecule has 0 amide bonds. The van der Waals surface area contributed by atoms with Crippen LogP contribution in [-0.4, -0.2) is 52.3 Å². The molecule has 4 heteroatoms. The van der Waals surface area contributed by atoms with E-state index in [9.17, 15) is 0 Å². The zero-order valence-corrected chi connectivity index (χ0v) is 11.6. The number of hydrogen-bond donors (Lipinski definition) is 1. The van der Waals surface area contributed by atoms with E-state index < -0.39 is 0 Å². The summed E-state index contributed by atoms with van der Waals surface area (Å²) >= 11 is 0. The lowest BCUT2D eigenvalue weighted by Gasteiger charge is -2.10. The number of ether oxygens (including phenoxy) is 2. The number of nitrogens with one attached hydrogen (secondary N) is 1. The van der Waals surface area contributed by atoms with Crippen molar-refractivity contribution in [1.82, 2.24) is 10.2 Å². The van der Waals surface area contributed by atoms with Crippen molar-refractivity contribution in [1.29, 1.82) is 0 Å². The Hall–Kier alpha value is -1.26. The van der Waals surface area contributed by atoms with Crippen LogP contribution >= 0.6 is 0 Å². The van der Waals surface area contributed by atoms with Gasteiger partial charge in [-0.25, -0.2) is 0 Å². The predicted molar refractivity (Wildman–Crippen MR) is 74.5 cm³/mol. The Bertz CT molecular complexity index is 329. The fraction of sp³-hybridized carbons (Fsp3) is 0.571. The third-order valence-corrected chi connectivity index (χ3v) is 2.55. The summed E-state index contributed by atoms with van der Waals surface area (Å²) in [6.45, 7) is 3.68. The SMILES string of the molecule is COc1cccc(OCCNCCCN(C)C)c1. The normalized spacial score (nSPS) is 10.7. The van der Waals surface area contributed by atoms with Crippen molar-refractivity contribution < 1.29 is 9.47 Å². The minimum Gasteiger partial charge on any atom is -0.497 e. The fourth-order valence-corrected chi connectivity index (χ4v) is 1.58. The number of rotatable bonds is 9. The molecule has 0 bridgehead atoms. The van der Waals surface area contributed by atoms with E-state index in [-0.39, 0.29) is 0 Å². The Balaban J connectivity index is 2.06. The van der Waals surface area contributed by atoms with E-state index in [2.05, 4.69) is 24.3 Å². The van der Waals surface area contributed by atoms with Gasteiger partial charge >= 0.3 is 0 Å². The lowest BCUT2D eigenvalue weighted by atomic mass is 10.3. The van der Waals surface area contributed by atoms with E-state index in [4.69, 9.17) is 9.47 Å². The van der Waals surface area contributed by atoms with Crippen LogP contribution < -0.4 is 14.8 Å². The summed E-state index contributed by atoms with van der Waals surface area (Å²) in [5, 5.41) is 3.36. The molecule has 0 saturated heterocycles. The van der Waals surface area contributed by atoms with E-state index in [0.717, 1.165) is 37.6 Å². The van der Waals surface area contributed by atoms with Gasteiger partial charge in [-0.05, 0) is 45.7 Å². The maximum atomic E-state index is 5.62. The highest BCUT2D eigenvalue weighted by atomic mass is 16.5. The minimum atomic E-state index is 0.676. The second-order valence-corrected chi connectivity index (χ2v) is 4.43. The molecule has 1 aromatic rings. The second-order valence-electron chi connectivity index (χ2n) is 4.43. The Morgan fingerprint density at radius 3 is 2.67 bits per heavy atom. The Labute approximate surface area is 110 Å². The second kappa shape index (κ2) is 8.78. The van der Waals surface area contributed by atoms with Crippen LogP contribution in [0.3, 0.4) is 0 Å². The van der Waals surface area contributed by atoms with Gasteiger partial charge in [-0.3, -0.25) is 0 Å². The Kier molecular flexibility index (Phi) is 7.22. The molecule has 0 heterocycles. The quantitative estimate of drug-likeness (QED) is 0.677. The van der Waals surface area contributed by atoms with Crippen molar-refractivity contribution in [3.63, 3.8) is 0 Å². The molecule has 0 aromatic heterocycles. The van der Waals surface area contributed by atoms with E-state index in [1.165, 1.54) is 0 Å². The molecule has 0 spiro atoms. The molecular weight excluding hydrogens is 228 g/mol. The van der Waals surface area contributed by atoms with Crippen LogP contribution in [0.5, 0.6) is 11.5 Å². The highest BCUT2D eigenvalue weighted by molar-refractivity contribution is 5.32. The maximum Gasteiger partial charge on any atom is 0.123 e. The molecule has 0 saturated carbocycles. The van der Waals surface area contributed by atoms with Crippen molar-refractivity contribution >= 4 is 0 Å². The first-order valence-corrected chi connectivity index (χ1v) is 6.34. The van der Waals surface area contributed by atoms with Gasteiger partial charge in [-0.2, -0.15) is 0 Å². The smallest absolute Gasteiger partial charge is 0.123 e. The van der Waals surface area contributed by atoms with Gasteiger partial charge in [0.25, 0.3) is 0 Å². The van der Waals surface area contributed by atoms with Crippen LogP contribution in [0.25, 0.3) is 0 Å². The summed E-state index contributed by atoms with van der Waals surface area (Å²) in [5.74, 6) is 1.68. The van der Waals surface area contributed by atoms with Gasteiger partial charge in [0, 0.05) is 12.6 Å². The van der Waals surface area contributed by atoms with Gasteiger partial charge in [-0.1, -0.05) is 6.07 Å². The summed E-state index contributed by atoms with van der Waals surface area (Å²) in [6, 6.07) is 7.67. The van der Waals surface area contributed by atoms with E-state index in [1.807, 2.05) is 24.3 Å². The number of benzene rings is 1. The van der Waals surface area contributed by atoms with E-state index in [1.54, 1.807) is 7.11 Å². The first-order valence-electron chi connectivity index (χ1n) is 6.34. The third-order valence-electron chi connectivity index (χ3n) is 2.55. The van der Waals surface area contributed by atoms with Gasteiger partial charge in [0.2, 0.25) is 0 Å². The average molecular weight is 252 g/mol. The van der Waals surface area contributed by atoms with Crippen LogP contribution in [0.2, 0.25) is 0 Å². The van der Waals surface area contributed by atoms with Gasteiger partial charge in [-0.15, -0.1) is 0 Å². The molecule has 0 fully saturated rings. The molecular formula is C14H24N2O2. The van der Waals surface area contributed by atoms with Crippen LogP contribution in [0, 0.1) is 0 Å². The third kappa shape index (κ3) is 6.47. The molecule has 1 rings (SSSR count). The first kappa shape index (κ1) is 14.8. The molecule has 4 nitrogen and oxygen atoms in total. The van der Waals surface area contributed by atoms with Crippen LogP contribution in [0.15, 0.2) is 24.3 Å². The fourth-order valence-electron chi connectivity index (χ4n) is 1.58. The monoisotopic (exact) mass is 252 g/mol. The molecule has 0 aliphatic rings. The van der Waals surface area contributed by atoms with Crippen molar-refractivity contribution in [2.45, 2.75) is 6.42 Å². The summed E-state index contributed by atoms with van der Waals surface area (Å²) in [6.07, 6.45) is 1.16. The van der Waals surface area contributed by atoms with Crippen molar-refractivity contribution in [2.24, 2.45) is 0 Å². The van der Waals surface area contributed by atoms with Gasteiger partial charge in [0.15, 0.2) is 0 Å². The number of hydrogen-bond acceptors (Lipinski definition) is 4. The predicted octanol–water partition coefficient (Wildman–Crippen LogP) is 1.62. The number of nitrogens with zero attached hydrogens (tertiary/aromatic N) is 1. The summed E-state index contributed by atoms with van der Waals surface area (Å²) < 4.78 is 10.8. The molecule has 102 valence electrons. The number of methoxy groups -OCH3 is 1. The zero-order valence-electron chi connectivity index (χ0n) is 11.6. The van der Waals surface area contributed by atoms with Crippen molar-refractivity contribution in [3.05, 3.63) is 24.3 Å². The van der Waals surface area contributed by atoms with Gasteiger partial charge in [0.05, 0.1) is 7.11 Å². The standard InChI is InChI=1S/C14H24N2O2/c1-16(2)10-5-8-15-9-11-18-14-7-4-6-13(12-14)17-3/h4,6-7,12,15H,5,8-11H2,1-3H3. The van der Waals surface area contributed by atoms with Crippen molar-refractivity contribution in [3.8, 4) is 11.5 Å². The summed E-state index contributed by atoms with van der Waals surface area (Å²) in [5.41, 5.74) is 0. The largest absolute Gasteiger partial charge is 0.497 e. The highest BCUT2D eigenvalue weighted by Crippen LogP contribution is 2.18. The molecule has 1 N–H and O–H groups in total. The van der Waals surface area contributed by atoms with E-state index in [0.29, 0.717) is 6.61 Å². The van der Waals surface area contributed by atoms with Gasteiger partial charge < -0.3 is 19.7 Å². The molecule has 0 unspecified atom stereocenters. The first-order chi connectivity index (χ1) is 8.72. The highest BCUT2D eigenvalue weighted by Gasteiger charge is 1.96. The zero-order chi connectivity index (χ0) is 13.2. The van der Waals surface area contributed by atoms with Crippen molar-refractivity contribution in [2.75, 3.05) is 47.4 Å². The molecule has 0 aliphatic heterocycles.